The number of rotatable bonds is 10. The maximum absolute atomic E-state index is 5.59. The van der Waals surface area contributed by atoms with Crippen LogP contribution in [-0.2, 0) is 17.8 Å². The second-order valence-electron chi connectivity index (χ2n) is 5.53. The molecule has 1 aromatic rings. The molecule has 0 amide bonds. The molecule has 1 heterocycles. The number of methoxy groups -OCH3 is 1. The molecule has 0 bridgehead atoms. The van der Waals surface area contributed by atoms with Crippen molar-refractivity contribution in [1.29, 1.82) is 0 Å². The largest absolute Gasteiger partial charge is 0.468 e. The Morgan fingerprint density at radius 1 is 1.42 bits per heavy atom. The SMILES string of the molecule is COCCCN(C)Cc1cc(CNCC(C)C)co1. The number of hydrogen-bond acceptors (Lipinski definition) is 4. The van der Waals surface area contributed by atoms with Crippen molar-refractivity contribution in [2.75, 3.05) is 33.9 Å². The highest BCUT2D eigenvalue weighted by atomic mass is 16.5. The number of nitrogens with zero attached hydrogens (tertiary/aromatic N) is 1. The van der Waals surface area contributed by atoms with Gasteiger partial charge in [0.1, 0.15) is 5.76 Å². The van der Waals surface area contributed by atoms with Crippen LogP contribution in [0.2, 0.25) is 0 Å². The van der Waals surface area contributed by atoms with Crippen molar-refractivity contribution in [3.05, 3.63) is 23.7 Å². The Hall–Kier alpha value is -0.840. The van der Waals surface area contributed by atoms with E-state index in [1.807, 2.05) is 6.26 Å². The molecule has 0 atom stereocenters. The molecule has 19 heavy (non-hydrogen) atoms. The third-order valence-electron chi connectivity index (χ3n) is 2.90. The van der Waals surface area contributed by atoms with Gasteiger partial charge in [0.05, 0.1) is 12.8 Å². The van der Waals surface area contributed by atoms with Gasteiger partial charge in [-0.05, 0) is 32.0 Å². The average molecular weight is 268 g/mol. The third-order valence-corrected chi connectivity index (χ3v) is 2.90. The second kappa shape index (κ2) is 9.13. The molecule has 1 rings (SSSR count). The lowest BCUT2D eigenvalue weighted by atomic mass is 10.2. The topological polar surface area (TPSA) is 37.6 Å². The van der Waals surface area contributed by atoms with Crippen molar-refractivity contribution in [2.45, 2.75) is 33.4 Å². The van der Waals surface area contributed by atoms with E-state index in [1.165, 1.54) is 5.56 Å². The van der Waals surface area contributed by atoms with Crippen LogP contribution in [0.1, 0.15) is 31.6 Å². The fourth-order valence-corrected chi connectivity index (χ4v) is 1.93. The molecule has 0 aliphatic rings. The fourth-order valence-electron chi connectivity index (χ4n) is 1.93. The average Bonchev–Trinajstić information content (AvgIpc) is 2.76. The van der Waals surface area contributed by atoms with Gasteiger partial charge in [-0.3, -0.25) is 4.90 Å². The van der Waals surface area contributed by atoms with E-state index < -0.39 is 0 Å². The van der Waals surface area contributed by atoms with Gasteiger partial charge in [-0.1, -0.05) is 13.8 Å². The molecule has 0 saturated carbocycles. The van der Waals surface area contributed by atoms with Crippen molar-refractivity contribution in [3.8, 4) is 0 Å². The van der Waals surface area contributed by atoms with Crippen molar-refractivity contribution < 1.29 is 9.15 Å². The maximum Gasteiger partial charge on any atom is 0.118 e. The lowest BCUT2D eigenvalue weighted by Crippen LogP contribution is -2.20. The summed E-state index contributed by atoms with van der Waals surface area (Å²) in [6.45, 7) is 9.04. The zero-order valence-corrected chi connectivity index (χ0v) is 12.7. The van der Waals surface area contributed by atoms with E-state index in [2.05, 4.69) is 37.2 Å². The van der Waals surface area contributed by atoms with Crippen molar-refractivity contribution >= 4 is 0 Å². The van der Waals surface area contributed by atoms with E-state index in [-0.39, 0.29) is 0 Å². The van der Waals surface area contributed by atoms with Gasteiger partial charge < -0.3 is 14.5 Å². The zero-order chi connectivity index (χ0) is 14.1. The Labute approximate surface area is 117 Å². The van der Waals surface area contributed by atoms with Crippen LogP contribution in [0, 0.1) is 5.92 Å². The van der Waals surface area contributed by atoms with Gasteiger partial charge in [0.15, 0.2) is 0 Å². The molecular formula is C15H28N2O2. The molecule has 0 fully saturated rings. The van der Waals surface area contributed by atoms with Gasteiger partial charge in [-0.25, -0.2) is 0 Å². The highest BCUT2D eigenvalue weighted by Gasteiger charge is 2.05. The minimum Gasteiger partial charge on any atom is -0.468 e. The molecule has 4 nitrogen and oxygen atoms in total. The van der Waals surface area contributed by atoms with E-state index in [9.17, 15) is 0 Å². The third kappa shape index (κ3) is 7.35. The summed E-state index contributed by atoms with van der Waals surface area (Å²) in [5, 5.41) is 3.42. The molecule has 0 aliphatic heterocycles. The highest BCUT2D eigenvalue weighted by molar-refractivity contribution is 5.12. The summed E-state index contributed by atoms with van der Waals surface area (Å²) >= 11 is 0. The number of hydrogen-bond donors (Lipinski definition) is 1. The second-order valence-corrected chi connectivity index (χ2v) is 5.53. The quantitative estimate of drug-likeness (QED) is 0.662. The van der Waals surface area contributed by atoms with Gasteiger partial charge in [0.25, 0.3) is 0 Å². The standard InChI is InChI=1S/C15H28N2O2/c1-13(2)9-16-10-14-8-15(19-12-14)11-17(3)6-5-7-18-4/h8,12-13,16H,5-7,9-11H2,1-4H3. The number of ether oxygens (including phenoxy) is 1. The zero-order valence-electron chi connectivity index (χ0n) is 12.7. The summed E-state index contributed by atoms with van der Waals surface area (Å²) in [5.74, 6) is 1.71. The molecule has 0 unspecified atom stereocenters. The summed E-state index contributed by atoms with van der Waals surface area (Å²) in [7, 11) is 3.85. The highest BCUT2D eigenvalue weighted by Crippen LogP contribution is 2.10. The van der Waals surface area contributed by atoms with Crippen molar-refractivity contribution in [1.82, 2.24) is 10.2 Å². The van der Waals surface area contributed by atoms with Gasteiger partial charge >= 0.3 is 0 Å². The van der Waals surface area contributed by atoms with Crippen LogP contribution >= 0.6 is 0 Å². The molecule has 1 aromatic heterocycles. The summed E-state index contributed by atoms with van der Waals surface area (Å²) < 4.78 is 10.6. The molecule has 0 saturated heterocycles. The molecule has 0 aromatic carbocycles. The van der Waals surface area contributed by atoms with Crippen LogP contribution in [-0.4, -0.2) is 38.8 Å². The minimum atomic E-state index is 0.679. The minimum absolute atomic E-state index is 0.679. The summed E-state index contributed by atoms with van der Waals surface area (Å²) in [4.78, 5) is 2.25. The Kier molecular flexibility index (Phi) is 7.79. The predicted molar refractivity (Wildman–Crippen MR) is 78.1 cm³/mol. The van der Waals surface area contributed by atoms with Crippen LogP contribution in [0.4, 0.5) is 0 Å². The van der Waals surface area contributed by atoms with Gasteiger partial charge in [0, 0.05) is 32.4 Å². The number of furan rings is 1. The molecule has 0 radical (unpaired) electrons. The first kappa shape index (κ1) is 16.2. The normalized spacial score (nSPS) is 11.7. The van der Waals surface area contributed by atoms with E-state index in [0.29, 0.717) is 5.92 Å². The van der Waals surface area contributed by atoms with Crippen LogP contribution in [0.25, 0.3) is 0 Å². The smallest absolute Gasteiger partial charge is 0.118 e. The van der Waals surface area contributed by atoms with Crippen LogP contribution in [0.15, 0.2) is 16.7 Å². The molecule has 0 spiro atoms. The Balaban J connectivity index is 2.25. The molecule has 110 valence electrons. The van der Waals surface area contributed by atoms with E-state index in [4.69, 9.17) is 9.15 Å². The number of nitrogens with one attached hydrogen (secondary N) is 1. The van der Waals surface area contributed by atoms with Crippen molar-refractivity contribution in [2.24, 2.45) is 5.92 Å². The molecule has 1 N–H and O–H groups in total. The Bertz CT molecular complexity index is 337. The maximum atomic E-state index is 5.59. The monoisotopic (exact) mass is 268 g/mol. The van der Waals surface area contributed by atoms with Crippen LogP contribution in [0.3, 0.4) is 0 Å². The van der Waals surface area contributed by atoms with E-state index in [1.54, 1.807) is 7.11 Å². The van der Waals surface area contributed by atoms with Gasteiger partial charge in [-0.2, -0.15) is 0 Å². The predicted octanol–water partition coefficient (Wildman–Crippen LogP) is 2.49. The summed E-state index contributed by atoms with van der Waals surface area (Å²) in [6, 6.07) is 2.14. The van der Waals surface area contributed by atoms with Gasteiger partial charge in [0.2, 0.25) is 0 Å². The van der Waals surface area contributed by atoms with E-state index >= 15 is 0 Å². The first-order valence-corrected chi connectivity index (χ1v) is 7.06. The summed E-state index contributed by atoms with van der Waals surface area (Å²) in [6.07, 6.45) is 2.90. The molecule has 0 aliphatic carbocycles. The van der Waals surface area contributed by atoms with Crippen LogP contribution < -0.4 is 5.32 Å². The Morgan fingerprint density at radius 3 is 2.89 bits per heavy atom. The molecule has 4 heteroatoms. The fraction of sp³-hybridized carbons (Fsp3) is 0.733. The molecular weight excluding hydrogens is 240 g/mol. The summed E-state index contributed by atoms with van der Waals surface area (Å²) in [5.41, 5.74) is 1.22. The van der Waals surface area contributed by atoms with Crippen LogP contribution in [0.5, 0.6) is 0 Å². The lowest BCUT2D eigenvalue weighted by Gasteiger charge is -2.14. The van der Waals surface area contributed by atoms with Gasteiger partial charge in [-0.15, -0.1) is 0 Å². The lowest BCUT2D eigenvalue weighted by molar-refractivity contribution is 0.176. The van der Waals surface area contributed by atoms with E-state index in [0.717, 1.165) is 45.0 Å². The first-order valence-electron chi connectivity index (χ1n) is 7.06. The first-order chi connectivity index (χ1) is 9.11. The van der Waals surface area contributed by atoms with Crippen molar-refractivity contribution in [3.63, 3.8) is 0 Å². The Morgan fingerprint density at radius 2 is 2.21 bits per heavy atom.